The first kappa shape index (κ1) is 14.7. The lowest BCUT2D eigenvalue weighted by molar-refractivity contribution is 0.380. The van der Waals surface area contributed by atoms with Gasteiger partial charge in [-0.05, 0) is 25.2 Å². The van der Waals surface area contributed by atoms with Crippen LogP contribution < -0.4 is 20.9 Å². The molecular weight excluding hydrogens is 328 g/mol. The van der Waals surface area contributed by atoms with Crippen molar-refractivity contribution >= 4 is 17.7 Å². The van der Waals surface area contributed by atoms with Gasteiger partial charge in [0.05, 0.1) is 5.69 Å². The molecule has 8 heteroatoms. The second-order valence-corrected chi connectivity index (χ2v) is 8.03. The summed E-state index contributed by atoms with van der Waals surface area (Å²) in [5.41, 5.74) is 7.42. The molecule has 6 heterocycles. The predicted octanol–water partition coefficient (Wildman–Crippen LogP) is 0.665. The van der Waals surface area contributed by atoms with Crippen molar-refractivity contribution in [1.82, 2.24) is 25.3 Å². The molecule has 4 aliphatic heterocycles. The Labute approximate surface area is 151 Å². The molecule has 4 bridgehead atoms. The van der Waals surface area contributed by atoms with Crippen LogP contribution in [0.3, 0.4) is 0 Å². The Hall–Kier alpha value is -2.48. The molecule has 2 aromatic heterocycles. The van der Waals surface area contributed by atoms with E-state index in [1.165, 1.54) is 19.3 Å². The Morgan fingerprint density at radius 3 is 2.50 bits per heavy atom. The van der Waals surface area contributed by atoms with Crippen LogP contribution in [-0.4, -0.2) is 57.7 Å². The summed E-state index contributed by atoms with van der Waals surface area (Å²) in [4.78, 5) is 23.0. The van der Waals surface area contributed by atoms with Crippen LogP contribution in [-0.2, 0) is 0 Å². The lowest BCUT2D eigenvalue weighted by atomic mass is 9.86. The maximum atomic E-state index is 5.65. The van der Waals surface area contributed by atoms with E-state index in [9.17, 15) is 0 Å². The van der Waals surface area contributed by atoms with Gasteiger partial charge in [0.2, 0.25) is 11.9 Å². The predicted molar refractivity (Wildman–Crippen MR) is 98.9 cm³/mol. The standard InChI is InChI=1S/C18H22N8/c19-17-21-5-11(6-22-17)15-4-16(25-9-12-3-14(25)7-20-12)24-18(23-15)26-8-10-1-13(26)2-10/h4-6,10,12-14,20H,1-3,7-9H2,(H2,19,21,22)/t10?,12?,13?,14-/m0/s1. The number of piperazine rings is 1. The molecule has 2 aromatic rings. The zero-order chi connectivity index (χ0) is 17.3. The summed E-state index contributed by atoms with van der Waals surface area (Å²) in [5.74, 6) is 2.99. The minimum absolute atomic E-state index is 0.284. The van der Waals surface area contributed by atoms with Crippen molar-refractivity contribution < 1.29 is 0 Å². The molecule has 134 valence electrons. The first-order valence-electron chi connectivity index (χ1n) is 9.46. The first-order valence-corrected chi connectivity index (χ1v) is 9.46. The van der Waals surface area contributed by atoms with Gasteiger partial charge in [-0.2, -0.15) is 4.98 Å². The zero-order valence-corrected chi connectivity index (χ0v) is 14.5. The van der Waals surface area contributed by atoms with Gasteiger partial charge in [-0.3, -0.25) is 0 Å². The van der Waals surface area contributed by atoms with Crippen molar-refractivity contribution in [2.45, 2.75) is 37.4 Å². The summed E-state index contributed by atoms with van der Waals surface area (Å²) in [6, 6.07) is 3.81. The molecule has 0 aromatic carbocycles. The highest BCUT2D eigenvalue weighted by Crippen LogP contribution is 2.43. The van der Waals surface area contributed by atoms with Gasteiger partial charge in [0, 0.05) is 61.8 Å². The summed E-state index contributed by atoms with van der Waals surface area (Å²) in [7, 11) is 0. The maximum absolute atomic E-state index is 5.65. The Morgan fingerprint density at radius 2 is 1.85 bits per heavy atom. The van der Waals surface area contributed by atoms with Gasteiger partial charge in [0.25, 0.3) is 0 Å². The number of anilines is 3. The number of hydrogen-bond donors (Lipinski definition) is 2. The molecule has 5 aliphatic rings. The molecule has 3 N–H and O–H groups in total. The second kappa shape index (κ2) is 5.26. The van der Waals surface area contributed by atoms with Crippen molar-refractivity contribution in [3.05, 3.63) is 18.5 Å². The molecule has 0 radical (unpaired) electrons. The first-order chi connectivity index (χ1) is 12.7. The molecule has 2 atom stereocenters. The van der Waals surface area contributed by atoms with Crippen LogP contribution in [0.5, 0.6) is 0 Å². The maximum Gasteiger partial charge on any atom is 0.228 e. The topological polar surface area (TPSA) is 96.1 Å². The van der Waals surface area contributed by atoms with Crippen molar-refractivity contribution in [3.63, 3.8) is 0 Å². The monoisotopic (exact) mass is 350 g/mol. The summed E-state index contributed by atoms with van der Waals surface area (Å²) >= 11 is 0. The Balaban J connectivity index is 1.43. The number of nitrogens with two attached hydrogens (primary N) is 1. The largest absolute Gasteiger partial charge is 0.368 e. The average molecular weight is 350 g/mol. The summed E-state index contributed by atoms with van der Waals surface area (Å²) in [6.07, 6.45) is 7.27. The number of nitrogen functional groups attached to an aromatic ring is 1. The molecule has 0 amide bonds. The summed E-state index contributed by atoms with van der Waals surface area (Å²) in [5, 5.41) is 3.56. The molecule has 4 saturated heterocycles. The molecule has 1 saturated carbocycles. The fourth-order valence-corrected chi connectivity index (χ4v) is 4.93. The van der Waals surface area contributed by atoms with E-state index in [-0.39, 0.29) is 5.95 Å². The van der Waals surface area contributed by atoms with Gasteiger partial charge >= 0.3 is 0 Å². The highest BCUT2D eigenvalue weighted by Gasteiger charge is 2.44. The summed E-state index contributed by atoms with van der Waals surface area (Å²) in [6.45, 7) is 3.14. The van der Waals surface area contributed by atoms with Gasteiger partial charge in [0.15, 0.2) is 0 Å². The average Bonchev–Trinajstić information content (AvgIpc) is 3.41. The van der Waals surface area contributed by atoms with Crippen LogP contribution in [0.4, 0.5) is 17.7 Å². The Bertz CT molecular complexity index is 847. The zero-order valence-electron chi connectivity index (χ0n) is 14.5. The van der Waals surface area contributed by atoms with Crippen molar-refractivity contribution in [1.29, 1.82) is 0 Å². The van der Waals surface area contributed by atoms with E-state index in [1.54, 1.807) is 12.4 Å². The molecule has 1 unspecified atom stereocenters. The van der Waals surface area contributed by atoms with Gasteiger partial charge < -0.3 is 20.9 Å². The van der Waals surface area contributed by atoms with Crippen LogP contribution in [0, 0.1) is 5.92 Å². The van der Waals surface area contributed by atoms with Crippen molar-refractivity contribution in [2.24, 2.45) is 5.92 Å². The summed E-state index contributed by atoms with van der Waals surface area (Å²) < 4.78 is 0. The Morgan fingerprint density at radius 1 is 1.00 bits per heavy atom. The van der Waals surface area contributed by atoms with Crippen LogP contribution in [0.15, 0.2) is 18.5 Å². The molecule has 1 aliphatic carbocycles. The third-order valence-corrected chi connectivity index (χ3v) is 6.38. The molecule has 7 rings (SSSR count). The second-order valence-electron chi connectivity index (χ2n) is 8.03. The number of fused-ring (bicyclic) bond motifs is 3. The third-order valence-electron chi connectivity index (χ3n) is 6.38. The van der Waals surface area contributed by atoms with E-state index in [4.69, 9.17) is 15.7 Å². The van der Waals surface area contributed by atoms with Gasteiger partial charge in [0.1, 0.15) is 5.82 Å². The van der Waals surface area contributed by atoms with E-state index < -0.39 is 0 Å². The van der Waals surface area contributed by atoms with Crippen molar-refractivity contribution in [2.75, 3.05) is 35.2 Å². The number of hydrogen-bond acceptors (Lipinski definition) is 8. The molecular formula is C18H22N8. The lowest BCUT2D eigenvalue weighted by Gasteiger charge is -2.30. The minimum atomic E-state index is 0.284. The van der Waals surface area contributed by atoms with Gasteiger partial charge in [-0.1, -0.05) is 0 Å². The van der Waals surface area contributed by atoms with Gasteiger partial charge in [-0.25, -0.2) is 15.0 Å². The molecule has 0 spiro atoms. The van der Waals surface area contributed by atoms with Crippen molar-refractivity contribution in [3.8, 4) is 11.3 Å². The Kier molecular flexibility index (Phi) is 2.97. The SMILES string of the molecule is Nc1ncc(-c2cc(N3CC4C[C@H]3CN4)nc(N3CC4CC3C4)n2)cn1. The van der Waals surface area contributed by atoms with Gasteiger partial charge in [-0.15, -0.1) is 0 Å². The number of nitrogens with one attached hydrogen (secondary N) is 1. The van der Waals surface area contributed by atoms with Crippen LogP contribution in [0.25, 0.3) is 11.3 Å². The number of rotatable bonds is 3. The normalized spacial score (nSPS) is 31.5. The van der Waals surface area contributed by atoms with E-state index in [1.807, 2.05) is 0 Å². The smallest absolute Gasteiger partial charge is 0.228 e. The minimum Gasteiger partial charge on any atom is -0.368 e. The molecule has 8 nitrogen and oxygen atoms in total. The van der Waals surface area contributed by atoms with E-state index >= 15 is 0 Å². The van der Waals surface area contributed by atoms with Crippen LogP contribution in [0.1, 0.15) is 19.3 Å². The quantitative estimate of drug-likeness (QED) is 0.834. The van der Waals surface area contributed by atoms with Crippen LogP contribution in [0.2, 0.25) is 0 Å². The lowest BCUT2D eigenvalue weighted by Crippen LogP contribution is -2.44. The highest BCUT2D eigenvalue weighted by atomic mass is 15.4. The van der Waals surface area contributed by atoms with E-state index in [0.29, 0.717) is 18.1 Å². The fourth-order valence-electron chi connectivity index (χ4n) is 4.93. The van der Waals surface area contributed by atoms with E-state index in [0.717, 1.165) is 48.6 Å². The van der Waals surface area contributed by atoms with Crippen LogP contribution >= 0.6 is 0 Å². The number of aromatic nitrogens is 4. The molecule has 5 fully saturated rings. The molecule has 26 heavy (non-hydrogen) atoms. The fraction of sp³-hybridized carbons (Fsp3) is 0.556. The highest BCUT2D eigenvalue weighted by molar-refractivity contribution is 5.65. The number of nitrogens with zero attached hydrogens (tertiary/aromatic N) is 6. The van der Waals surface area contributed by atoms with E-state index in [2.05, 4.69) is 31.2 Å². The third kappa shape index (κ3) is 2.18.